The fourth-order valence-electron chi connectivity index (χ4n) is 2.36. The van der Waals surface area contributed by atoms with Gasteiger partial charge in [-0.1, -0.05) is 24.8 Å². The first kappa shape index (κ1) is 14.6. The van der Waals surface area contributed by atoms with Crippen molar-refractivity contribution in [3.05, 3.63) is 23.8 Å². The second-order valence-corrected chi connectivity index (χ2v) is 6.71. The van der Waals surface area contributed by atoms with Crippen LogP contribution in [-0.2, 0) is 6.42 Å². The Morgan fingerprint density at radius 2 is 2.10 bits per heavy atom. The van der Waals surface area contributed by atoms with Crippen LogP contribution in [-0.4, -0.2) is 36.2 Å². The largest absolute Gasteiger partial charge is 0.486 e. The smallest absolute Gasteiger partial charge is 0.161 e. The molecule has 1 aromatic rings. The van der Waals surface area contributed by atoms with Gasteiger partial charge in [0, 0.05) is 17.8 Å². The summed E-state index contributed by atoms with van der Waals surface area (Å²) in [5, 5.41) is 4.60. The quantitative estimate of drug-likeness (QED) is 0.929. The summed E-state index contributed by atoms with van der Waals surface area (Å²) in [6, 6.07) is 6.16. The summed E-state index contributed by atoms with van der Waals surface area (Å²) in [5.74, 6) is 2.81. The molecule has 3 rings (SSSR count). The lowest BCUT2D eigenvalue weighted by Crippen LogP contribution is -2.39. The molecule has 0 bridgehead atoms. The minimum Gasteiger partial charge on any atom is -0.486 e. The fourth-order valence-corrected chi connectivity index (χ4v) is 3.60. The zero-order valence-electron chi connectivity index (χ0n) is 12.6. The van der Waals surface area contributed by atoms with Gasteiger partial charge in [-0.2, -0.15) is 0 Å². The number of nitrogens with one attached hydrogen (secondary N) is 1. The Morgan fingerprint density at radius 1 is 1.29 bits per heavy atom. The lowest BCUT2D eigenvalue weighted by molar-refractivity contribution is 0.171. The molecule has 1 fully saturated rings. The number of hydrogen-bond acceptors (Lipinski definition) is 4. The monoisotopic (exact) mass is 306 g/mol. The minimum atomic E-state index is 0.209. The van der Waals surface area contributed by atoms with E-state index in [4.69, 9.17) is 9.47 Å². The van der Waals surface area contributed by atoms with Crippen molar-refractivity contribution in [1.29, 1.82) is 0 Å². The van der Waals surface area contributed by atoms with E-state index in [1.807, 2.05) is 17.8 Å². The van der Waals surface area contributed by atoms with Gasteiger partial charge in [0.2, 0.25) is 0 Å². The van der Waals surface area contributed by atoms with E-state index < -0.39 is 0 Å². The molecular formula is C16H22N2O2S. The van der Waals surface area contributed by atoms with Crippen LogP contribution < -0.4 is 14.8 Å². The molecule has 1 unspecified atom stereocenters. The van der Waals surface area contributed by atoms with Gasteiger partial charge >= 0.3 is 0 Å². The molecule has 0 aliphatic carbocycles. The summed E-state index contributed by atoms with van der Waals surface area (Å²) in [4.78, 5) is 4.67. The molecule has 0 saturated carbocycles. The molecule has 5 heteroatoms. The summed E-state index contributed by atoms with van der Waals surface area (Å²) in [6.07, 6.45) is 2.05. The Hall–Kier alpha value is -1.36. The van der Waals surface area contributed by atoms with Crippen molar-refractivity contribution in [2.24, 2.45) is 4.99 Å². The maximum Gasteiger partial charge on any atom is 0.161 e. The van der Waals surface area contributed by atoms with E-state index in [0.29, 0.717) is 13.2 Å². The highest BCUT2D eigenvalue weighted by Gasteiger charge is 2.30. The second-order valence-electron chi connectivity index (χ2n) is 5.74. The maximum absolute atomic E-state index is 5.61. The number of hydrogen-bond donors (Lipinski definition) is 1. The van der Waals surface area contributed by atoms with E-state index in [1.165, 1.54) is 5.56 Å². The topological polar surface area (TPSA) is 42.9 Å². The molecule has 1 aromatic carbocycles. The first-order valence-corrected chi connectivity index (χ1v) is 8.51. The Balaban J connectivity index is 1.56. The Labute approximate surface area is 130 Å². The molecule has 0 spiro atoms. The Kier molecular flexibility index (Phi) is 4.29. The third kappa shape index (κ3) is 3.46. The third-order valence-corrected chi connectivity index (χ3v) is 5.27. The van der Waals surface area contributed by atoms with Gasteiger partial charge < -0.3 is 14.8 Å². The van der Waals surface area contributed by atoms with Crippen LogP contribution in [0.25, 0.3) is 0 Å². The van der Waals surface area contributed by atoms with Gasteiger partial charge in [-0.25, -0.2) is 0 Å². The van der Waals surface area contributed by atoms with E-state index in [-0.39, 0.29) is 5.54 Å². The van der Waals surface area contributed by atoms with Crippen LogP contribution in [0.2, 0.25) is 0 Å². The number of rotatable bonds is 4. The lowest BCUT2D eigenvalue weighted by atomic mass is 10.0. The first-order chi connectivity index (χ1) is 10.2. The standard InChI is InChI=1S/C16H22N2O2S/c1-3-16(2)11-21-15(18-16)17-7-6-12-4-5-13-14(10-12)20-9-8-19-13/h4-5,10H,3,6-9,11H2,1-2H3,(H,17,18). The predicted octanol–water partition coefficient (Wildman–Crippen LogP) is 2.86. The zero-order valence-corrected chi connectivity index (χ0v) is 13.5. The van der Waals surface area contributed by atoms with E-state index in [9.17, 15) is 0 Å². The van der Waals surface area contributed by atoms with Gasteiger partial charge in [-0.3, -0.25) is 4.99 Å². The van der Waals surface area contributed by atoms with Crippen LogP contribution >= 0.6 is 11.8 Å². The Morgan fingerprint density at radius 3 is 2.86 bits per heavy atom. The average molecular weight is 306 g/mol. The molecule has 2 aliphatic rings. The molecule has 1 atom stereocenters. The number of thioether (sulfide) groups is 1. The van der Waals surface area contributed by atoms with Crippen LogP contribution in [0, 0.1) is 0 Å². The van der Waals surface area contributed by atoms with Gasteiger partial charge in [0.15, 0.2) is 16.7 Å². The molecule has 0 radical (unpaired) electrons. The van der Waals surface area contributed by atoms with Crippen molar-refractivity contribution >= 4 is 16.9 Å². The van der Waals surface area contributed by atoms with Crippen LogP contribution in [0.15, 0.2) is 23.2 Å². The molecule has 0 aromatic heterocycles. The van der Waals surface area contributed by atoms with E-state index in [0.717, 1.165) is 41.8 Å². The van der Waals surface area contributed by atoms with Gasteiger partial charge in [-0.05, 0) is 37.5 Å². The summed E-state index contributed by atoms with van der Waals surface area (Å²) < 4.78 is 11.1. The number of ether oxygens (including phenoxy) is 2. The van der Waals surface area contributed by atoms with Crippen molar-refractivity contribution in [3.8, 4) is 11.5 Å². The second kappa shape index (κ2) is 6.18. The van der Waals surface area contributed by atoms with E-state index in [2.05, 4.69) is 36.3 Å². The average Bonchev–Trinajstić information content (AvgIpc) is 2.89. The SMILES string of the molecule is CCC1(C)CSC(=NCCc2ccc3c(c2)OCCO3)N1. The van der Waals surface area contributed by atoms with Crippen LogP contribution in [0.1, 0.15) is 25.8 Å². The molecule has 1 N–H and O–H groups in total. The van der Waals surface area contributed by atoms with Crippen LogP contribution in [0.3, 0.4) is 0 Å². The third-order valence-electron chi connectivity index (χ3n) is 3.98. The van der Waals surface area contributed by atoms with E-state index in [1.54, 1.807) is 0 Å². The minimum absolute atomic E-state index is 0.209. The molecule has 1 saturated heterocycles. The summed E-state index contributed by atoms with van der Waals surface area (Å²) in [5.41, 5.74) is 1.45. The van der Waals surface area contributed by atoms with Crippen LogP contribution in [0.4, 0.5) is 0 Å². The number of benzene rings is 1. The number of nitrogens with zero attached hydrogens (tertiary/aromatic N) is 1. The highest BCUT2D eigenvalue weighted by Crippen LogP contribution is 2.31. The van der Waals surface area contributed by atoms with E-state index >= 15 is 0 Å². The van der Waals surface area contributed by atoms with Crippen molar-refractivity contribution in [2.45, 2.75) is 32.2 Å². The van der Waals surface area contributed by atoms with Crippen molar-refractivity contribution in [2.75, 3.05) is 25.5 Å². The molecule has 2 heterocycles. The summed E-state index contributed by atoms with van der Waals surface area (Å²) >= 11 is 1.83. The van der Waals surface area contributed by atoms with Gasteiger partial charge in [0.05, 0.1) is 0 Å². The van der Waals surface area contributed by atoms with Gasteiger partial charge in [-0.15, -0.1) is 0 Å². The molecule has 21 heavy (non-hydrogen) atoms. The fraction of sp³-hybridized carbons (Fsp3) is 0.562. The van der Waals surface area contributed by atoms with Gasteiger partial charge in [0.1, 0.15) is 13.2 Å². The Bertz CT molecular complexity index is 547. The van der Waals surface area contributed by atoms with Gasteiger partial charge in [0.25, 0.3) is 0 Å². The first-order valence-electron chi connectivity index (χ1n) is 7.52. The summed E-state index contributed by atoms with van der Waals surface area (Å²) in [6.45, 7) is 6.54. The molecule has 4 nitrogen and oxygen atoms in total. The summed E-state index contributed by atoms with van der Waals surface area (Å²) in [7, 11) is 0. The molecule has 114 valence electrons. The number of aliphatic imine (C=N–C) groups is 1. The van der Waals surface area contributed by atoms with Crippen molar-refractivity contribution < 1.29 is 9.47 Å². The number of fused-ring (bicyclic) bond motifs is 1. The van der Waals surface area contributed by atoms with Crippen molar-refractivity contribution in [3.63, 3.8) is 0 Å². The molecule has 2 aliphatic heterocycles. The highest BCUT2D eigenvalue weighted by molar-refractivity contribution is 8.14. The number of amidine groups is 1. The molecule has 0 amide bonds. The highest BCUT2D eigenvalue weighted by atomic mass is 32.2. The van der Waals surface area contributed by atoms with Crippen LogP contribution in [0.5, 0.6) is 11.5 Å². The molecular weight excluding hydrogens is 284 g/mol. The normalized spacial score (nSPS) is 25.9. The zero-order chi connectivity index (χ0) is 14.7. The predicted molar refractivity (Wildman–Crippen MR) is 87.7 cm³/mol. The maximum atomic E-state index is 5.61. The lowest BCUT2D eigenvalue weighted by Gasteiger charge is -2.20. The van der Waals surface area contributed by atoms with Crippen molar-refractivity contribution in [1.82, 2.24) is 5.32 Å².